The number of urea groups is 1. The van der Waals surface area contributed by atoms with Crippen LogP contribution in [-0.2, 0) is 0 Å². The fourth-order valence-electron chi connectivity index (χ4n) is 2.20. The Morgan fingerprint density at radius 1 is 1.36 bits per heavy atom. The molecule has 22 heavy (non-hydrogen) atoms. The van der Waals surface area contributed by atoms with E-state index in [0.717, 1.165) is 24.1 Å². The van der Waals surface area contributed by atoms with Crippen LogP contribution in [0.5, 0.6) is 0 Å². The third kappa shape index (κ3) is 4.92. The van der Waals surface area contributed by atoms with E-state index >= 15 is 0 Å². The number of amides is 2. The predicted octanol–water partition coefficient (Wildman–Crippen LogP) is 3.78. The third-order valence-electron chi connectivity index (χ3n) is 3.79. The van der Waals surface area contributed by atoms with Crippen LogP contribution in [0.15, 0.2) is 23.1 Å². The van der Waals surface area contributed by atoms with E-state index in [1.807, 2.05) is 30.8 Å². The number of hydrogen-bond donors (Lipinski definition) is 3. The zero-order chi connectivity index (χ0) is 16.4. The highest BCUT2D eigenvalue weighted by Gasteiger charge is 2.42. The van der Waals surface area contributed by atoms with Crippen LogP contribution in [0.3, 0.4) is 0 Å². The van der Waals surface area contributed by atoms with E-state index in [1.165, 1.54) is 4.90 Å². The number of rotatable bonds is 5. The summed E-state index contributed by atoms with van der Waals surface area (Å²) < 4.78 is 0.168. The summed E-state index contributed by atoms with van der Waals surface area (Å²) in [4.78, 5) is 13.2. The summed E-state index contributed by atoms with van der Waals surface area (Å²) in [5.41, 5.74) is 1.80. The molecule has 1 aromatic carbocycles. The van der Waals surface area contributed by atoms with Crippen LogP contribution in [0, 0.1) is 12.3 Å². The number of carbonyl (C=O) groups is 1. The molecule has 1 aliphatic rings. The summed E-state index contributed by atoms with van der Waals surface area (Å²) >= 11 is 1.81. The molecule has 0 atom stereocenters. The van der Waals surface area contributed by atoms with Gasteiger partial charge >= 0.3 is 6.03 Å². The van der Waals surface area contributed by atoms with Gasteiger partial charge in [-0.3, -0.25) is 0 Å². The summed E-state index contributed by atoms with van der Waals surface area (Å²) in [5.74, 6) is 0. The number of aliphatic hydroxyl groups excluding tert-OH is 1. The van der Waals surface area contributed by atoms with Crippen LogP contribution in [-0.4, -0.2) is 29.0 Å². The second-order valence-corrected chi connectivity index (χ2v) is 9.06. The van der Waals surface area contributed by atoms with Gasteiger partial charge in [0.2, 0.25) is 0 Å². The van der Waals surface area contributed by atoms with Crippen molar-refractivity contribution in [3.8, 4) is 0 Å². The topological polar surface area (TPSA) is 61.4 Å². The lowest BCUT2D eigenvalue weighted by Crippen LogP contribution is -2.35. The normalized spacial score (nSPS) is 16.2. The van der Waals surface area contributed by atoms with Gasteiger partial charge in [0.15, 0.2) is 0 Å². The van der Waals surface area contributed by atoms with Crippen molar-refractivity contribution in [2.75, 3.05) is 18.5 Å². The highest BCUT2D eigenvalue weighted by atomic mass is 32.2. The lowest BCUT2D eigenvalue weighted by molar-refractivity contribution is 0.206. The number of carbonyl (C=O) groups excluding carboxylic acids is 1. The van der Waals surface area contributed by atoms with E-state index in [1.54, 1.807) is 0 Å². The molecule has 0 heterocycles. The molecule has 1 saturated carbocycles. The molecular formula is C17H26N2O2S. The molecule has 0 aromatic heterocycles. The summed E-state index contributed by atoms with van der Waals surface area (Å²) in [6.07, 6.45) is 1.98. The Morgan fingerprint density at radius 2 is 2.05 bits per heavy atom. The highest BCUT2D eigenvalue weighted by Crippen LogP contribution is 2.44. The molecule has 0 bridgehead atoms. The fraction of sp³-hybridized carbons (Fsp3) is 0.588. The van der Waals surface area contributed by atoms with Gasteiger partial charge in [0.25, 0.3) is 0 Å². The van der Waals surface area contributed by atoms with Crippen molar-refractivity contribution in [2.24, 2.45) is 5.41 Å². The van der Waals surface area contributed by atoms with Gasteiger partial charge in [0.05, 0.1) is 6.61 Å². The lowest BCUT2D eigenvalue weighted by Gasteiger charge is -2.19. The first kappa shape index (κ1) is 17.2. The summed E-state index contributed by atoms with van der Waals surface area (Å²) in [6.45, 7) is 9.22. The number of anilines is 1. The van der Waals surface area contributed by atoms with Gasteiger partial charge in [-0.15, -0.1) is 11.8 Å². The van der Waals surface area contributed by atoms with Crippen LogP contribution in [0.4, 0.5) is 10.5 Å². The van der Waals surface area contributed by atoms with Crippen molar-refractivity contribution in [1.82, 2.24) is 5.32 Å². The Bertz CT molecular complexity index is 548. The van der Waals surface area contributed by atoms with E-state index < -0.39 is 0 Å². The second-order valence-electron chi connectivity index (χ2n) is 7.16. The lowest BCUT2D eigenvalue weighted by atomic mass is 10.1. The molecule has 0 spiro atoms. The standard InChI is InChI=1S/C17H26N2O2S/c1-12-9-13(22-16(2,3)4)5-6-14(12)19-15(21)18-10-17(11-20)7-8-17/h5-6,9,20H,7-8,10-11H2,1-4H3,(H2,18,19,21). The molecule has 0 unspecified atom stereocenters. The van der Waals surface area contributed by atoms with Crippen LogP contribution < -0.4 is 10.6 Å². The molecule has 0 saturated heterocycles. The van der Waals surface area contributed by atoms with E-state index in [9.17, 15) is 9.90 Å². The number of thioether (sulfide) groups is 1. The van der Waals surface area contributed by atoms with Crippen LogP contribution >= 0.6 is 11.8 Å². The number of nitrogens with one attached hydrogen (secondary N) is 2. The Labute approximate surface area is 137 Å². The molecule has 5 heteroatoms. The largest absolute Gasteiger partial charge is 0.396 e. The average Bonchev–Trinajstić information content (AvgIpc) is 3.19. The maximum absolute atomic E-state index is 12.0. The quantitative estimate of drug-likeness (QED) is 0.723. The van der Waals surface area contributed by atoms with Crippen molar-refractivity contribution >= 4 is 23.5 Å². The van der Waals surface area contributed by atoms with Crippen molar-refractivity contribution in [2.45, 2.75) is 50.2 Å². The Morgan fingerprint density at radius 3 is 2.55 bits per heavy atom. The predicted molar refractivity (Wildman–Crippen MR) is 92.6 cm³/mol. The zero-order valence-electron chi connectivity index (χ0n) is 13.8. The SMILES string of the molecule is Cc1cc(SC(C)(C)C)ccc1NC(=O)NCC1(CO)CC1. The molecule has 0 radical (unpaired) electrons. The van der Waals surface area contributed by atoms with Crippen molar-refractivity contribution in [3.63, 3.8) is 0 Å². The van der Waals surface area contributed by atoms with Gasteiger partial charge in [0.1, 0.15) is 0 Å². The second kappa shape index (κ2) is 6.50. The zero-order valence-corrected chi connectivity index (χ0v) is 14.6. The van der Waals surface area contributed by atoms with E-state index in [2.05, 4.69) is 37.5 Å². The molecule has 1 fully saturated rings. The monoisotopic (exact) mass is 322 g/mol. The van der Waals surface area contributed by atoms with Crippen LogP contribution in [0.2, 0.25) is 0 Å². The number of hydrogen-bond acceptors (Lipinski definition) is 3. The van der Waals surface area contributed by atoms with Crippen molar-refractivity contribution < 1.29 is 9.90 Å². The van der Waals surface area contributed by atoms with E-state index in [-0.39, 0.29) is 22.8 Å². The number of benzene rings is 1. The third-order valence-corrected chi connectivity index (χ3v) is 4.89. The molecule has 2 rings (SSSR count). The van der Waals surface area contributed by atoms with Gasteiger partial charge in [-0.1, -0.05) is 20.8 Å². The average molecular weight is 322 g/mol. The maximum Gasteiger partial charge on any atom is 0.319 e. The molecule has 2 amide bonds. The van der Waals surface area contributed by atoms with Gasteiger partial charge in [-0.05, 0) is 43.5 Å². The minimum absolute atomic E-state index is 0.0699. The van der Waals surface area contributed by atoms with Gasteiger partial charge in [0, 0.05) is 27.3 Å². The van der Waals surface area contributed by atoms with E-state index in [4.69, 9.17) is 0 Å². The highest BCUT2D eigenvalue weighted by molar-refractivity contribution is 8.00. The van der Waals surface area contributed by atoms with Crippen LogP contribution in [0.1, 0.15) is 39.2 Å². The summed E-state index contributed by atoms with van der Waals surface area (Å²) in [6, 6.07) is 5.87. The van der Waals surface area contributed by atoms with Gasteiger partial charge in [-0.25, -0.2) is 4.79 Å². The van der Waals surface area contributed by atoms with Gasteiger partial charge < -0.3 is 15.7 Å². The van der Waals surface area contributed by atoms with Crippen molar-refractivity contribution in [3.05, 3.63) is 23.8 Å². The Hall–Kier alpha value is -1.20. The first-order valence-corrected chi connectivity index (χ1v) is 8.50. The van der Waals surface area contributed by atoms with E-state index in [0.29, 0.717) is 6.54 Å². The first-order chi connectivity index (χ1) is 10.2. The maximum atomic E-state index is 12.0. The fourth-order valence-corrected chi connectivity index (χ4v) is 3.27. The smallest absolute Gasteiger partial charge is 0.319 e. The Balaban J connectivity index is 1.91. The first-order valence-electron chi connectivity index (χ1n) is 7.68. The molecule has 0 aliphatic heterocycles. The number of aryl methyl sites for hydroxylation is 1. The molecular weight excluding hydrogens is 296 g/mol. The summed E-state index contributed by atoms with van der Waals surface area (Å²) in [7, 11) is 0. The minimum atomic E-state index is -0.209. The molecule has 4 nitrogen and oxygen atoms in total. The molecule has 3 N–H and O–H groups in total. The minimum Gasteiger partial charge on any atom is -0.396 e. The van der Waals surface area contributed by atoms with Crippen LogP contribution in [0.25, 0.3) is 0 Å². The van der Waals surface area contributed by atoms with Gasteiger partial charge in [-0.2, -0.15) is 0 Å². The Kier molecular flexibility index (Phi) is 5.07. The number of aliphatic hydroxyl groups is 1. The molecule has 122 valence electrons. The molecule has 1 aromatic rings. The molecule has 1 aliphatic carbocycles. The summed E-state index contributed by atoms with van der Waals surface area (Å²) in [5, 5.41) is 15.0. The van der Waals surface area contributed by atoms with Crippen molar-refractivity contribution in [1.29, 1.82) is 0 Å².